The van der Waals surface area contributed by atoms with Crippen molar-refractivity contribution in [1.82, 2.24) is 4.98 Å². The van der Waals surface area contributed by atoms with Gasteiger partial charge in [0, 0.05) is 12.5 Å². The summed E-state index contributed by atoms with van der Waals surface area (Å²) in [6, 6.07) is 3.54. The van der Waals surface area contributed by atoms with Crippen molar-refractivity contribution in [2.75, 3.05) is 7.11 Å². The Kier molecular flexibility index (Phi) is 4.09. The van der Waals surface area contributed by atoms with Crippen LogP contribution >= 0.6 is 11.3 Å². The third-order valence-corrected chi connectivity index (χ3v) is 4.27. The highest BCUT2D eigenvalue weighted by molar-refractivity contribution is 7.17. The monoisotopic (exact) mass is 305 g/mol. The van der Waals surface area contributed by atoms with Crippen molar-refractivity contribution in [1.29, 1.82) is 0 Å². The molecule has 0 saturated carbocycles. The first-order valence-electron chi connectivity index (χ1n) is 6.25. The van der Waals surface area contributed by atoms with E-state index in [-0.39, 0.29) is 22.1 Å². The molecule has 0 aliphatic carbocycles. The van der Waals surface area contributed by atoms with Crippen LogP contribution in [0.1, 0.15) is 38.2 Å². The molecule has 0 aliphatic heterocycles. The molecule has 1 aromatic heterocycles. The van der Waals surface area contributed by atoms with Gasteiger partial charge in [0.1, 0.15) is 15.6 Å². The van der Waals surface area contributed by atoms with Gasteiger partial charge in [-0.1, -0.05) is 0 Å². The summed E-state index contributed by atoms with van der Waals surface area (Å²) in [5.41, 5.74) is 2.22. The summed E-state index contributed by atoms with van der Waals surface area (Å²) in [7, 11) is 1.25. The van der Waals surface area contributed by atoms with Crippen LogP contribution in [0.4, 0.5) is 0 Å². The molecule has 5 nitrogen and oxygen atoms in total. The zero-order valence-electron chi connectivity index (χ0n) is 12.2. The summed E-state index contributed by atoms with van der Waals surface area (Å²) >= 11 is 1.14. The number of rotatable bonds is 3. The first-order chi connectivity index (χ1) is 9.85. The van der Waals surface area contributed by atoms with Crippen molar-refractivity contribution >= 4 is 23.1 Å². The van der Waals surface area contributed by atoms with Crippen LogP contribution in [-0.2, 0) is 4.74 Å². The Labute approximate surface area is 126 Å². The Morgan fingerprint density at radius 2 is 1.81 bits per heavy atom. The van der Waals surface area contributed by atoms with E-state index in [0.29, 0.717) is 16.1 Å². The Bertz CT molecular complexity index is 710. The SMILES string of the molecule is COC(=O)c1nc(-c2cc(C)c(O)c(C)c2)sc1C(C)=O. The van der Waals surface area contributed by atoms with Crippen molar-refractivity contribution < 1.29 is 19.4 Å². The van der Waals surface area contributed by atoms with Gasteiger partial charge in [0.2, 0.25) is 0 Å². The molecule has 1 N–H and O–H groups in total. The molecule has 0 atom stereocenters. The van der Waals surface area contributed by atoms with Crippen LogP contribution in [0.3, 0.4) is 0 Å². The predicted octanol–water partition coefficient (Wildman–Crippen LogP) is 3.12. The highest BCUT2D eigenvalue weighted by atomic mass is 32.1. The van der Waals surface area contributed by atoms with Crippen LogP contribution in [-0.4, -0.2) is 29.0 Å². The number of hydrogen-bond donors (Lipinski definition) is 1. The maximum Gasteiger partial charge on any atom is 0.358 e. The van der Waals surface area contributed by atoms with Crippen LogP contribution in [0.25, 0.3) is 10.6 Å². The quantitative estimate of drug-likeness (QED) is 0.696. The molecule has 6 heteroatoms. The number of phenols is 1. The fraction of sp³-hybridized carbons (Fsp3) is 0.267. The van der Waals surface area contributed by atoms with E-state index in [0.717, 1.165) is 16.9 Å². The number of benzene rings is 1. The molecule has 0 amide bonds. The van der Waals surface area contributed by atoms with Crippen molar-refractivity contribution in [3.63, 3.8) is 0 Å². The Morgan fingerprint density at radius 1 is 1.24 bits per heavy atom. The van der Waals surface area contributed by atoms with E-state index in [9.17, 15) is 14.7 Å². The van der Waals surface area contributed by atoms with Gasteiger partial charge in [-0.2, -0.15) is 0 Å². The largest absolute Gasteiger partial charge is 0.507 e. The van der Waals surface area contributed by atoms with Gasteiger partial charge in [-0.15, -0.1) is 11.3 Å². The molecule has 2 aromatic rings. The number of aromatic nitrogens is 1. The fourth-order valence-corrected chi connectivity index (χ4v) is 2.93. The Hall–Kier alpha value is -2.21. The van der Waals surface area contributed by atoms with Crippen molar-refractivity contribution in [3.05, 3.63) is 33.8 Å². The summed E-state index contributed by atoms with van der Waals surface area (Å²) in [6.07, 6.45) is 0. The predicted molar refractivity (Wildman–Crippen MR) is 80.0 cm³/mol. The number of carbonyl (C=O) groups is 2. The van der Waals surface area contributed by atoms with Gasteiger partial charge in [-0.3, -0.25) is 4.79 Å². The second kappa shape index (κ2) is 5.65. The van der Waals surface area contributed by atoms with Gasteiger partial charge in [-0.25, -0.2) is 9.78 Å². The van der Waals surface area contributed by atoms with E-state index < -0.39 is 5.97 Å². The molecular formula is C15H15NO4S. The molecule has 0 saturated heterocycles. The van der Waals surface area contributed by atoms with E-state index in [4.69, 9.17) is 0 Å². The number of carbonyl (C=O) groups excluding carboxylic acids is 2. The van der Waals surface area contributed by atoms with Gasteiger partial charge >= 0.3 is 5.97 Å². The molecule has 0 radical (unpaired) electrons. The molecule has 0 bridgehead atoms. The smallest absolute Gasteiger partial charge is 0.358 e. The van der Waals surface area contributed by atoms with Gasteiger partial charge in [0.15, 0.2) is 11.5 Å². The number of Topliss-reactive ketones (excluding diaryl/α,β-unsaturated/α-hetero) is 1. The maximum absolute atomic E-state index is 11.7. The van der Waals surface area contributed by atoms with Crippen molar-refractivity contribution in [3.8, 4) is 16.3 Å². The number of aryl methyl sites for hydroxylation is 2. The average Bonchev–Trinajstić information content (AvgIpc) is 2.88. The van der Waals surface area contributed by atoms with Gasteiger partial charge in [0.05, 0.1) is 7.11 Å². The lowest BCUT2D eigenvalue weighted by Crippen LogP contribution is -2.06. The lowest BCUT2D eigenvalue weighted by atomic mass is 10.1. The number of phenolic OH excluding ortho intramolecular Hbond substituents is 1. The van der Waals surface area contributed by atoms with E-state index >= 15 is 0 Å². The average molecular weight is 305 g/mol. The minimum atomic E-state index is -0.630. The minimum Gasteiger partial charge on any atom is -0.507 e. The standard InChI is InChI=1S/C15H15NO4S/c1-7-5-10(6-8(2)12(7)18)14-16-11(15(19)20-4)13(21-14)9(3)17/h5-6,18H,1-4H3. The third kappa shape index (κ3) is 2.80. The fourth-order valence-electron chi connectivity index (χ4n) is 2.00. The normalized spacial score (nSPS) is 10.5. The zero-order valence-corrected chi connectivity index (χ0v) is 13.0. The molecule has 0 spiro atoms. The van der Waals surface area contributed by atoms with Gasteiger partial charge in [-0.05, 0) is 37.1 Å². The Morgan fingerprint density at radius 3 is 2.29 bits per heavy atom. The minimum absolute atomic E-state index is 0.0355. The summed E-state index contributed by atoms with van der Waals surface area (Å²) < 4.78 is 4.66. The summed E-state index contributed by atoms with van der Waals surface area (Å²) in [6.45, 7) is 4.95. The number of nitrogens with zero attached hydrogens (tertiary/aromatic N) is 1. The summed E-state index contributed by atoms with van der Waals surface area (Å²) in [5, 5.41) is 10.4. The number of hydrogen-bond acceptors (Lipinski definition) is 6. The molecule has 1 aromatic carbocycles. The molecule has 0 fully saturated rings. The lowest BCUT2D eigenvalue weighted by Gasteiger charge is -2.05. The number of ketones is 1. The molecular weight excluding hydrogens is 290 g/mol. The summed E-state index contributed by atoms with van der Waals surface area (Å²) in [5.74, 6) is -0.628. The zero-order chi connectivity index (χ0) is 15.7. The van der Waals surface area contributed by atoms with Crippen molar-refractivity contribution in [2.45, 2.75) is 20.8 Å². The van der Waals surface area contributed by atoms with Crippen LogP contribution < -0.4 is 0 Å². The molecule has 110 valence electrons. The van der Waals surface area contributed by atoms with Gasteiger partial charge in [0.25, 0.3) is 0 Å². The number of esters is 1. The van der Waals surface area contributed by atoms with Gasteiger partial charge < -0.3 is 9.84 Å². The number of methoxy groups -OCH3 is 1. The topological polar surface area (TPSA) is 76.5 Å². The molecule has 0 unspecified atom stereocenters. The number of ether oxygens (including phenoxy) is 1. The highest BCUT2D eigenvalue weighted by Gasteiger charge is 2.22. The second-order valence-corrected chi connectivity index (χ2v) is 5.70. The molecule has 21 heavy (non-hydrogen) atoms. The second-order valence-electron chi connectivity index (χ2n) is 4.70. The first kappa shape index (κ1) is 15.2. The molecule has 1 heterocycles. The maximum atomic E-state index is 11.7. The van der Waals surface area contributed by atoms with Crippen molar-refractivity contribution in [2.24, 2.45) is 0 Å². The van der Waals surface area contributed by atoms with E-state index in [1.165, 1.54) is 14.0 Å². The van der Waals surface area contributed by atoms with E-state index in [2.05, 4.69) is 9.72 Å². The van der Waals surface area contributed by atoms with Crippen LogP contribution in [0.15, 0.2) is 12.1 Å². The number of aromatic hydroxyl groups is 1. The number of thiazole rings is 1. The highest BCUT2D eigenvalue weighted by Crippen LogP contribution is 2.33. The molecule has 0 aliphatic rings. The van der Waals surface area contributed by atoms with Crippen LogP contribution in [0.2, 0.25) is 0 Å². The molecule has 2 rings (SSSR count). The van der Waals surface area contributed by atoms with E-state index in [1.807, 2.05) is 0 Å². The van der Waals surface area contributed by atoms with E-state index in [1.54, 1.807) is 26.0 Å². The third-order valence-electron chi connectivity index (χ3n) is 3.06. The first-order valence-corrected chi connectivity index (χ1v) is 7.07. The van der Waals surface area contributed by atoms with Crippen LogP contribution in [0, 0.1) is 13.8 Å². The summed E-state index contributed by atoms with van der Waals surface area (Å²) in [4.78, 5) is 27.8. The lowest BCUT2D eigenvalue weighted by molar-refractivity contribution is 0.0591. The Balaban J connectivity index is 2.60. The van der Waals surface area contributed by atoms with Crippen LogP contribution in [0.5, 0.6) is 5.75 Å².